The molecule has 0 atom stereocenters. The number of nitrogens with two attached hydrogens (primary N) is 1. The predicted octanol–water partition coefficient (Wildman–Crippen LogP) is 0.563. The van der Waals surface area contributed by atoms with E-state index in [1.165, 1.54) is 7.11 Å². The van der Waals surface area contributed by atoms with Crippen LogP contribution in [0.15, 0.2) is 29.4 Å². The third kappa shape index (κ3) is 3.90. The molecule has 7 heteroatoms. The van der Waals surface area contributed by atoms with Crippen LogP contribution in [0.2, 0.25) is 0 Å². The first-order valence-corrected chi connectivity index (χ1v) is 4.81. The Labute approximate surface area is 98.2 Å². The van der Waals surface area contributed by atoms with Crippen LogP contribution in [0.5, 0.6) is 5.75 Å². The van der Waals surface area contributed by atoms with Gasteiger partial charge in [0.25, 0.3) is 0 Å². The summed E-state index contributed by atoms with van der Waals surface area (Å²) in [5.41, 5.74) is 5.74. The number of hydrogen-bond acceptors (Lipinski definition) is 4. The van der Waals surface area contributed by atoms with E-state index in [1.54, 1.807) is 24.3 Å². The number of ether oxygens (including phenoxy) is 1. The van der Waals surface area contributed by atoms with Crippen molar-refractivity contribution in [1.29, 1.82) is 0 Å². The van der Waals surface area contributed by atoms with Gasteiger partial charge in [-0.2, -0.15) is 0 Å². The van der Waals surface area contributed by atoms with E-state index in [1.807, 2.05) is 0 Å². The van der Waals surface area contributed by atoms with Gasteiger partial charge in [-0.25, -0.2) is 4.79 Å². The number of nitrogens with one attached hydrogen (secondary N) is 2. The highest BCUT2D eigenvalue weighted by Gasteiger charge is 2.06. The Morgan fingerprint density at radius 3 is 2.88 bits per heavy atom. The average molecular weight is 238 g/mol. The Morgan fingerprint density at radius 2 is 2.24 bits per heavy atom. The molecule has 92 valence electrons. The fraction of sp³-hybridized carbons (Fsp3) is 0.200. The maximum absolute atomic E-state index is 11.4. The Hall–Kier alpha value is -2.44. The lowest BCUT2D eigenvalue weighted by molar-refractivity contribution is 0.253. The second-order valence-corrected chi connectivity index (χ2v) is 3.10. The lowest BCUT2D eigenvalue weighted by Crippen LogP contribution is -2.36. The number of para-hydroxylation sites is 2. The summed E-state index contributed by atoms with van der Waals surface area (Å²) < 4.78 is 5.06. The van der Waals surface area contributed by atoms with E-state index < -0.39 is 6.03 Å². The van der Waals surface area contributed by atoms with Crippen molar-refractivity contribution in [2.75, 3.05) is 19.0 Å². The molecule has 0 heterocycles. The lowest BCUT2D eigenvalue weighted by atomic mass is 10.3. The molecule has 0 aliphatic rings. The minimum Gasteiger partial charge on any atom is -0.495 e. The van der Waals surface area contributed by atoms with E-state index in [-0.39, 0.29) is 12.4 Å². The summed E-state index contributed by atoms with van der Waals surface area (Å²) in [7, 11) is 1.51. The molecule has 0 aromatic heterocycles. The molecule has 0 saturated heterocycles. The van der Waals surface area contributed by atoms with E-state index in [4.69, 9.17) is 15.7 Å². The van der Waals surface area contributed by atoms with Crippen molar-refractivity contribution >= 4 is 17.6 Å². The zero-order valence-corrected chi connectivity index (χ0v) is 9.30. The Kier molecular flexibility index (Phi) is 4.61. The van der Waals surface area contributed by atoms with Crippen LogP contribution >= 0.6 is 0 Å². The first-order chi connectivity index (χ1) is 8.17. The molecular formula is C10H14N4O3. The van der Waals surface area contributed by atoms with Gasteiger partial charge in [-0.3, -0.25) is 0 Å². The van der Waals surface area contributed by atoms with Crippen LogP contribution in [0.25, 0.3) is 0 Å². The normalized spacial score (nSPS) is 10.8. The van der Waals surface area contributed by atoms with E-state index in [0.717, 1.165) is 0 Å². The second-order valence-electron chi connectivity index (χ2n) is 3.10. The largest absolute Gasteiger partial charge is 0.495 e. The van der Waals surface area contributed by atoms with Crippen molar-refractivity contribution in [3.05, 3.63) is 24.3 Å². The average Bonchev–Trinajstić information content (AvgIpc) is 2.36. The van der Waals surface area contributed by atoms with E-state index in [9.17, 15) is 4.79 Å². The van der Waals surface area contributed by atoms with Crippen LogP contribution in [-0.4, -0.2) is 30.7 Å². The summed E-state index contributed by atoms with van der Waals surface area (Å²) in [6.45, 7) is -0.0442. The van der Waals surface area contributed by atoms with Gasteiger partial charge in [0.2, 0.25) is 0 Å². The van der Waals surface area contributed by atoms with Crippen molar-refractivity contribution in [3.63, 3.8) is 0 Å². The van der Waals surface area contributed by atoms with E-state index in [2.05, 4.69) is 15.8 Å². The van der Waals surface area contributed by atoms with Crippen LogP contribution in [-0.2, 0) is 0 Å². The summed E-state index contributed by atoms with van der Waals surface area (Å²) >= 11 is 0. The molecule has 0 aliphatic carbocycles. The zero-order valence-electron chi connectivity index (χ0n) is 9.30. The first-order valence-electron chi connectivity index (χ1n) is 4.81. The van der Waals surface area contributed by atoms with Crippen LogP contribution in [0.4, 0.5) is 10.5 Å². The van der Waals surface area contributed by atoms with Crippen molar-refractivity contribution in [2.45, 2.75) is 0 Å². The molecule has 0 bridgehead atoms. The van der Waals surface area contributed by atoms with Crippen LogP contribution in [0.1, 0.15) is 0 Å². The number of benzene rings is 1. The molecule has 0 spiro atoms. The molecule has 0 radical (unpaired) electrons. The molecule has 2 amide bonds. The number of hydrogen-bond donors (Lipinski definition) is 4. The van der Waals surface area contributed by atoms with E-state index in [0.29, 0.717) is 11.4 Å². The quantitative estimate of drug-likeness (QED) is 0.266. The molecule has 7 nitrogen and oxygen atoms in total. The molecule has 17 heavy (non-hydrogen) atoms. The first kappa shape index (κ1) is 12.6. The molecule has 1 rings (SSSR count). The molecule has 1 aromatic carbocycles. The fourth-order valence-electron chi connectivity index (χ4n) is 1.12. The summed E-state index contributed by atoms with van der Waals surface area (Å²) in [6, 6.07) is 6.50. The smallest absolute Gasteiger partial charge is 0.319 e. The van der Waals surface area contributed by atoms with Gasteiger partial charge < -0.3 is 26.3 Å². The number of methoxy groups -OCH3 is 1. The SMILES string of the molecule is COc1ccccc1NC(=O)NC/C(N)=N/O. The zero-order chi connectivity index (χ0) is 12.7. The number of oxime groups is 1. The van der Waals surface area contributed by atoms with Gasteiger partial charge in [-0.05, 0) is 12.1 Å². The summed E-state index contributed by atoms with van der Waals surface area (Å²) in [5, 5.41) is 16.0. The number of carbonyl (C=O) groups is 1. The van der Waals surface area contributed by atoms with Gasteiger partial charge in [-0.1, -0.05) is 17.3 Å². The molecule has 0 saturated carbocycles. The number of anilines is 1. The topological polar surface area (TPSA) is 109 Å². The number of nitrogens with zero attached hydrogens (tertiary/aromatic N) is 1. The summed E-state index contributed by atoms with van der Waals surface area (Å²) in [4.78, 5) is 11.4. The number of carbonyl (C=O) groups excluding carboxylic acids is 1. The van der Waals surface area contributed by atoms with Gasteiger partial charge in [0.15, 0.2) is 5.84 Å². The highest BCUT2D eigenvalue weighted by molar-refractivity contribution is 5.94. The molecular weight excluding hydrogens is 224 g/mol. The van der Waals surface area contributed by atoms with Gasteiger partial charge >= 0.3 is 6.03 Å². The number of amidine groups is 1. The van der Waals surface area contributed by atoms with Crippen LogP contribution < -0.4 is 21.1 Å². The fourth-order valence-corrected chi connectivity index (χ4v) is 1.12. The Bertz CT molecular complexity index is 420. The predicted molar refractivity (Wildman–Crippen MR) is 63.4 cm³/mol. The van der Waals surface area contributed by atoms with Gasteiger partial charge in [0.1, 0.15) is 5.75 Å². The maximum Gasteiger partial charge on any atom is 0.319 e. The maximum atomic E-state index is 11.4. The Morgan fingerprint density at radius 1 is 1.53 bits per heavy atom. The van der Waals surface area contributed by atoms with Crippen molar-refractivity contribution in [2.24, 2.45) is 10.9 Å². The summed E-state index contributed by atoms with van der Waals surface area (Å²) in [6.07, 6.45) is 0. The molecule has 1 aromatic rings. The van der Waals surface area contributed by atoms with Gasteiger partial charge in [0, 0.05) is 0 Å². The van der Waals surface area contributed by atoms with Crippen molar-refractivity contribution in [3.8, 4) is 5.75 Å². The number of urea groups is 1. The number of amides is 2. The van der Waals surface area contributed by atoms with Crippen molar-refractivity contribution < 1.29 is 14.7 Å². The summed E-state index contributed by atoms with van der Waals surface area (Å²) in [5.74, 6) is 0.464. The van der Waals surface area contributed by atoms with E-state index >= 15 is 0 Å². The van der Waals surface area contributed by atoms with Gasteiger partial charge in [0.05, 0.1) is 19.3 Å². The van der Waals surface area contributed by atoms with Crippen molar-refractivity contribution in [1.82, 2.24) is 5.32 Å². The minimum atomic E-state index is -0.471. The lowest BCUT2D eigenvalue weighted by Gasteiger charge is -2.10. The molecule has 0 fully saturated rings. The number of rotatable bonds is 4. The third-order valence-electron chi connectivity index (χ3n) is 1.91. The second kappa shape index (κ2) is 6.21. The van der Waals surface area contributed by atoms with Crippen LogP contribution in [0.3, 0.4) is 0 Å². The van der Waals surface area contributed by atoms with Gasteiger partial charge in [-0.15, -0.1) is 0 Å². The Balaban J connectivity index is 2.56. The minimum absolute atomic E-state index is 0.0442. The molecule has 0 aliphatic heterocycles. The third-order valence-corrected chi connectivity index (χ3v) is 1.91. The highest BCUT2D eigenvalue weighted by Crippen LogP contribution is 2.22. The molecule has 0 unspecified atom stereocenters. The monoisotopic (exact) mass is 238 g/mol. The highest BCUT2D eigenvalue weighted by atomic mass is 16.5. The molecule has 5 N–H and O–H groups in total. The standard InChI is InChI=1S/C10H14N4O3/c1-17-8-5-3-2-4-7(8)13-10(15)12-6-9(11)14-16/h2-5,16H,6H2,1H3,(H2,11,14)(H2,12,13,15). The van der Waals surface area contributed by atoms with Crippen LogP contribution in [0, 0.1) is 0 Å².